The van der Waals surface area contributed by atoms with Gasteiger partial charge < -0.3 is 19.9 Å². The number of halogens is 2. The van der Waals surface area contributed by atoms with Crippen molar-refractivity contribution in [2.75, 3.05) is 32.7 Å². The number of nitrogens with one attached hydrogen (secondary N) is 1. The van der Waals surface area contributed by atoms with E-state index in [1.807, 2.05) is 20.8 Å². The molecule has 0 radical (unpaired) electrons. The van der Waals surface area contributed by atoms with Gasteiger partial charge >= 0.3 is 6.09 Å². The fourth-order valence-corrected chi connectivity index (χ4v) is 8.29. The third kappa shape index (κ3) is 9.09. The van der Waals surface area contributed by atoms with Gasteiger partial charge in [-0.15, -0.1) is 0 Å². The molecule has 2 aliphatic heterocycles. The van der Waals surface area contributed by atoms with Crippen LogP contribution in [0.3, 0.4) is 0 Å². The first-order valence-electron chi connectivity index (χ1n) is 16.4. The molecule has 2 saturated heterocycles. The van der Waals surface area contributed by atoms with Crippen LogP contribution in [0.2, 0.25) is 5.02 Å². The number of ether oxygens (including phenoxy) is 1. The van der Waals surface area contributed by atoms with E-state index in [1.54, 1.807) is 37.5 Å². The molecule has 4 atom stereocenters. The largest absolute Gasteiger partial charge is 0.444 e. The van der Waals surface area contributed by atoms with Gasteiger partial charge in [-0.2, -0.15) is 4.31 Å². The van der Waals surface area contributed by atoms with Crippen molar-refractivity contribution in [2.24, 2.45) is 11.3 Å². The second kappa shape index (κ2) is 14.8. The van der Waals surface area contributed by atoms with Crippen LogP contribution in [0.25, 0.3) is 0 Å². The van der Waals surface area contributed by atoms with Crippen molar-refractivity contribution in [3.63, 3.8) is 0 Å². The first-order valence-corrected chi connectivity index (χ1v) is 18.2. The van der Waals surface area contributed by atoms with Gasteiger partial charge in [0, 0.05) is 55.8 Å². The average Bonchev–Trinajstić information content (AvgIpc) is 3.44. The van der Waals surface area contributed by atoms with Crippen LogP contribution in [0.5, 0.6) is 0 Å². The summed E-state index contributed by atoms with van der Waals surface area (Å²) in [5, 5.41) is 14.5. The summed E-state index contributed by atoms with van der Waals surface area (Å²) in [6.45, 7) is 12.5. The molecule has 0 saturated carbocycles. The van der Waals surface area contributed by atoms with Gasteiger partial charge in [-0.3, -0.25) is 19.7 Å². The number of benzene rings is 2. The Morgan fingerprint density at radius 1 is 1.06 bits per heavy atom. The SMILES string of the molecule is C[C@H]1CN(C(=O)[C@H](CC(C)(C)C)NC(=O)OC(C)(C)C)CCN1C(=O)[C@@H]1CN(S(=O)(=O)c2ccccc2[N+](=O)[O-])C[C@H]1c1ccc(Cl)cc1F. The van der Waals surface area contributed by atoms with E-state index >= 15 is 4.39 Å². The fourth-order valence-electron chi connectivity index (χ4n) is 6.48. The Hall–Kier alpha value is -3.82. The van der Waals surface area contributed by atoms with Gasteiger partial charge in [0.15, 0.2) is 4.90 Å². The van der Waals surface area contributed by atoms with E-state index < -0.39 is 72.9 Å². The zero-order valence-corrected chi connectivity index (χ0v) is 30.9. The first-order chi connectivity index (χ1) is 23.1. The highest BCUT2D eigenvalue weighted by Crippen LogP contribution is 2.40. The molecule has 3 amide bonds. The molecule has 2 heterocycles. The molecule has 16 heteroatoms. The number of amides is 3. The highest BCUT2D eigenvalue weighted by molar-refractivity contribution is 7.89. The molecule has 2 aromatic carbocycles. The third-order valence-corrected chi connectivity index (χ3v) is 10.8. The van der Waals surface area contributed by atoms with Crippen LogP contribution in [0.15, 0.2) is 47.4 Å². The number of rotatable bonds is 8. The maximum atomic E-state index is 15.3. The number of nitrogens with zero attached hydrogens (tertiary/aromatic N) is 4. The third-order valence-electron chi connectivity index (χ3n) is 8.67. The van der Waals surface area contributed by atoms with Crippen LogP contribution < -0.4 is 5.32 Å². The lowest BCUT2D eigenvalue weighted by Crippen LogP contribution is -2.60. The van der Waals surface area contributed by atoms with Gasteiger partial charge in [-0.05, 0) is 63.3 Å². The molecule has 1 N–H and O–H groups in total. The molecule has 274 valence electrons. The Morgan fingerprint density at radius 3 is 2.30 bits per heavy atom. The molecule has 2 aromatic rings. The van der Waals surface area contributed by atoms with Gasteiger partial charge in [-0.1, -0.05) is 50.6 Å². The minimum absolute atomic E-state index is 0.0905. The van der Waals surface area contributed by atoms with E-state index in [0.717, 1.165) is 22.5 Å². The molecule has 0 unspecified atom stereocenters. The van der Waals surface area contributed by atoms with Crippen molar-refractivity contribution in [3.05, 3.63) is 69.0 Å². The highest BCUT2D eigenvalue weighted by Gasteiger charge is 2.48. The molecule has 2 fully saturated rings. The number of sulfonamides is 1. The number of piperazine rings is 1. The molecular formula is C34H45ClFN5O8S. The van der Waals surface area contributed by atoms with Crippen LogP contribution in [0.1, 0.15) is 66.4 Å². The van der Waals surface area contributed by atoms with Crippen LogP contribution >= 0.6 is 11.6 Å². The zero-order chi connectivity index (χ0) is 37.3. The van der Waals surface area contributed by atoms with Crippen molar-refractivity contribution in [1.82, 2.24) is 19.4 Å². The van der Waals surface area contributed by atoms with Crippen LogP contribution in [-0.2, 0) is 24.3 Å². The second-order valence-electron chi connectivity index (χ2n) is 15.1. The molecular weight excluding hydrogens is 693 g/mol. The van der Waals surface area contributed by atoms with E-state index in [4.69, 9.17) is 16.3 Å². The molecule has 50 heavy (non-hydrogen) atoms. The predicted molar refractivity (Wildman–Crippen MR) is 184 cm³/mol. The van der Waals surface area contributed by atoms with Gasteiger partial charge in [0.25, 0.3) is 5.69 Å². The Morgan fingerprint density at radius 2 is 1.72 bits per heavy atom. The first kappa shape index (κ1) is 39.0. The second-order valence-corrected chi connectivity index (χ2v) is 17.4. The number of hydrogen-bond donors (Lipinski definition) is 1. The number of alkyl carbamates (subject to hydrolysis) is 1. The summed E-state index contributed by atoms with van der Waals surface area (Å²) in [5.41, 5.74) is -1.61. The fraction of sp³-hybridized carbons (Fsp3) is 0.559. The maximum absolute atomic E-state index is 15.3. The molecule has 0 bridgehead atoms. The van der Waals surface area contributed by atoms with Crippen LogP contribution in [-0.4, -0.2) is 95.8 Å². The summed E-state index contributed by atoms with van der Waals surface area (Å²) in [7, 11) is -4.48. The maximum Gasteiger partial charge on any atom is 0.408 e. The number of nitro benzene ring substituents is 1. The number of nitro groups is 1. The van der Waals surface area contributed by atoms with Crippen molar-refractivity contribution < 1.29 is 36.9 Å². The Balaban J connectivity index is 1.59. The number of carbonyl (C=O) groups excluding carboxylic acids is 3. The van der Waals surface area contributed by atoms with Crippen LogP contribution in [0, 0.1) is 27.3 Å². The van der Waals surface area contributed by atoms with Crippen molar-refractivity contribution in [1.29, 1.82) is 0 Å². The van der Waals surface area contributed by atoms with Gasteiger partial charge in [0.05, 0.1) is 10.8 Å². The lowest BCUT2D eigenvalue weighted by Gasteiger charge is -2.42. The molecule has 0 aliphatic carbocycles. The molecule has 0 spiro atoms. The van der Waals surface area contributed by atoms with E-state index in [0.29, 0.717) is 6.42 Å². The Bertz CT molecular complexity index is 1750. The summed E-state index contributed by atoms with van der Waals surface area (Å²) >= 11 is 6.00. The summed E-state index contributed by atoms with van der Waals surface area (Å²) in [6.07, 6.45) is -0.386. The molecule has 4 rings (SSSR count). The smallest absolute Gasteiger partial charge is 0.408 e. The standard InChI is InChI=1S/C34H45ClFN5O8S/c1-21-18-38(31(43)27(17-33(2,3)4)37-32(44)49-34(5,6)7)14-15-40(21)30(42)25-20-39(19-24(25)23-13-12-22(35)16-26(23)36)50(47,48)29-11-9-8-10-28(29)41(45)46/h8-13,16,21,24-25,27H,14-15,17-20H2,1-7H3,(H,37,44)/t21-,24-,25+,27-/m0/s1. The molecule has 0 aromatic heterocycles. The van der Waals surface area contributed by atoms with Gasteiger partial charge in [-0.25, -0.2) is 17.6 Å². The number of para-hydroxylation sites is 1. The summed E-state index contributed by atoms with van der Waals surface area (Å²) in [5.74, 6) is -3.46. The highest BCUT2D eigenvalue weighted by atomic mass is 35.5. The summed E-state index contributed by atoms with van der Waals surface area (Å²) in [4.78, 5) is 54.3. The number of hydrogen-bond acceptors (Lipinski definition) is 8. The topological polar surface area (TPSA) is 159 Å². The van der Waals surface area contributed by atoms with Crippen molar-refractivity contribution in [2.45, 2.75) is 83.4 Å². The predicted octanol–water partition coefficient (Wildman–Crippen LogP) is 5.18. The van der Waals surface area contributed by atoms with Crippen molar-refractivity contribution in [3.8, 4) is 0 Å². The minimum atomic E-state index is -4.48. The van der Waals surface area contributed by atoms with Gasteiger partial charge in [0.1, 0.15) is 17.5 Å². The van der Waals surface area contributed by atoms with Crippen LogP contribution in [0.4, 0.5) is 14.9 Å². The van der Waals surface area contributed by atoms with E-state index in [9.17, 15) is 32.9 Å². The lowest BCUT2D eigenvalue weighted by atomic mass is 9.86. The van der Waals surface area contributed by atoms with Gasteiger partial charge in [0.2, 0.25) is 21.8 Å². The van der Waals surface area contributed by atoms with E-state index in [-0.39, 0.29) is 54.6 Å². The summed E-state index contributed by atoms with van der Waals surface area (Å²) in [6, 6.07) is 7.48. The Kier molecular flexibility index (Phi) is 11.5. The monoisotopic (exact) mass is 737 g/mol. The Labute approximate surface area is 297 Å². The zero-order valence-electron chi connectivity index (χ0n) is 29.3. The van der Waals surface area contributed by atoms with E-state index in [2.05, 4.69) is 5.32 Å². The number of carbonyl (C=O) groups is 3. The molecule has 13 nitrogen and oxygen atoms in total. The lowest BCUT2D eigenvalue weighted by molar-refractivity contribution is -0.387. The quantitative estimate of drug-likeness (QED) is 0.287. The normalized spacial score (nSPS) is 21.1. The van der Waals surface area contributed by atoms with Crippen molar-refractivity contribution >= 4 is 45.2 Å². The molecule has 2 aliphatic rings. The minimum Gasteiger partial charge on any atom is -0.444 e. The average molecular weight is 738 g/mol. The summed E-state index contributed by atoms with van der Waals surface area (Å²) < 4.78 is 49.4. The van der Waals surface area contributed by atoms with E-state index in [1.165, 1.54) is 24.3 Å².